The largest absolute Gasteiger partial charge is 0.494 e. The number of nitrogens with zero attached hydrogens (tertiary/aromatic N) is 1. The molecule has 114 valence electrons. The minimum Gasteiger partial charge on any atom is -0.494 e. The molecule has 1 aromatic carbocycles. The zero-order valence-electron chi connectivity index (χ0n) is 11.9. The average molecular weight is 331 g/mol. The van der Waals surface area contributed by atoms with Gasteiger partial charge in [0.1, 0.15) is 15.8 Å². The molecule has 0 saturated heterocycles. The summed E-state index contributed by atoms with van der Waals surface area (Å²) in [5, 5.41) is 4.19. The molecule has 1 aromatic heterocycles. The first-order valence-corrected chi connectivity index (χ1v) is 7.30. The predicted octanol–water partition coefficient (Wildman–Crippen LogP) is 2.80. The Morgan fingerprint density at radius 3 is 2.81 bits per heavy atom. The molecule has 6 nitrogen and oxygen atoms in total. The number of halogens is 1. The summed E-state index contributed by atoms with van der Waals surface area (Å²) >= 11 is 7.56. The molecule has 0 aliphatic rings. The number of thiazole rings is 1. The van der Waals surface area contributed by atoms with Crippen LogP contribution in [0.5, 0.6) is 5.75 Å². The van der Waals surface area contributed by atoms with E-state index < -0.39 is 5.97 Å². The third kappa shape index (κ3) is 3.20. The van der Waals surface area contributed by atoms with Gasteiger partial charge in [0.2, 0.25) is 0 Å². The molecule has 0 radical (unpaired) electrons. The molecule has 0 aliphatic heterocycles. The van der Waals surface area contributed by atoms with E-state index in [0.717, 1.165) is 0 Å². The van der Waals surface area contributed by atoms with Crippen LogP contribution in [-0.4, -0.2) is 45.4 Å². The van der Waals surface area contributed by atoms with Gasteiger partial charge in [0.15, 0.2) is 10.9 Å². The number of rotatable bonds is 6. The number of fused-ring (bicyclic) bond motifs is 1. The minimum atomic E-state index is -0.502. The number of carbonyl (C=O) groups excluding carboxylic acids is 1. The first-order valence-electron chi connectivity index (χ1n) is 6.10. The lowest BCUT2D eigenvalue weighted by Crippen LogP contribution is -2.06. The van der Waals surface area contributed by atoms with Gasteiger partial charge >= 0.3 is 5.97 Å². The van der Waals surface area contributed by atoms with E-state index >= 15 is 0 Å². The van der Waals surface area contributed by atoms with E-state index in [0.29, 0.717) is 39.3 Å². The number of nitrogens with one attached hydrogen (secondary N) is 1. The highest BCUT2D eigenvalue weighted by molar-refractivity contribution is 7.22. The second kappa shape index (κ2) is 6.93. The topological polar surface area (TPSA) is 69.7 Å². The molecule has 1 N–H and O–H groups in total. The first-order chi connectivity index (χ1) is 10.1. The zero-order valence-corrected chi connectivity index (χ0v) is 13.4. The number of esters is 1. The maximum absolute atomic E-state index is 11.8. The van der Waals surface area contributed by atoms with E-state index in [2.05, 4.69) is 10.3 Å². The Bertz CT molecular complexity index is 659. The van der Waals surface area contributed by atoms with Gasteiger partial charge in [0.25, 0.3) is 0 Å². The summed E-state index contributed by atoms with van der Waals surface area (Å²) in [6.45, 7) is 1.19. The van der Waals surface area contributed by atoms with E-state index in [1.165, 1.54) is 31.6 Å². The highest BCUT2D eigenvalue weighted by Crippen LogP contribution is 2.40. The van der Waals surface area contributed by atoms with Crippen molar-refractivity contribution in [3.05, 3.63) is 16.7 Å². The van der Waals surface area contributed by atoms with Crippen molar-refractivity contribution in [3.8, 4) is 5.75 Å². The molecule has 0 saturated carbocycles. The van der Waals surface area contributed by atoms with Crippen molar-refractivity contribution >= 4 is 44.3 Å². The average Bonchev–Trinajstić information content (AvgIpc) is 2.91. The summed E-state index contributed by atoms with van der Waals surface area (Å²) in [5.41, 5.74) is 0.871. The zero-order chi connectivity index (χ0) is 15.4. The lowest BCUT2D eigenvalue weighted by atomic mass is 10.2. The highest BCUT2D eigenvalue weighted by Gasteiger charge is 2.21. The van der Waals surface area contributed by atoms with E-state index in [1.54, 1.807) is 7.11 Å². The maximum atomic E-state index is 11.8. The van der Waals surface area contributed by atoms with Gasteiger partial charge in [-0.2, -0.15) is 0 Å². The molecular weight excluding hydrogens is 316 g/mol. The van der Waals surface area contributed by atoms with Gasteiger partial charge in [-0.1, -0.05) is 22.9 Å². The van der Waals surface area contributed by atoms with Gasteiger partial charge in [0.05, 0.1) is 25.8 Å². The molecule has 21 heavy (non-hydrogen) atoms. The van der Waals surface area contributed by atoms with Crippen molar-refractivity contribution in [2.75, 3.05) is 39.8 Å². The Kier molecular flexibility index (Phi) is 5.22. The van der Waals surface area contributed by atoms with Crippen LogP contribution >= 0.6 is 22.9 Å². The number of anilines is 1. The number of ether oxygens (including phenoxy) is 3. The number of hydrogen-bond acceptors (Lipinski definition) is 7. The number of hydrogen-bond donors (Lipinski definition) is 1. The lowest BCUT2D eigenvalue weighted by Gasteiger charge is -2.08. The van der Waals surface area contributed by atoms with Crippen LogP contribution < -0.4 is 10.1 Å². The van der Waals surface area contributed by atoms with Crippen molar-refractivity contribution in [1.29, 1.82) is 0 Å². The molecule has 8 heteroatoms. The van der Waals surface area contributed by atoms with Crippen LogP contribution in [0.1, 0.15) is 10.4 Å². The predicted molar refractivity (Wildman–Crippen MR) is 82.9 cm³/mol. The van der Waals surface area contributed by atoms with Crippen LogP contribution in [0.25, 0.3) is 10.2 Å². The normalized spacial score (nSPS) is 10.7. The highest BCUT2D eigenvalue weighted by atomic mass is 35.5. The number of methoxy groups -OCH3 is 3. The summed E-state index contributed by atoms with van der Waals surface area (Å²) < 4.78 is 15.8. The van der Waals surface area contributed by atoms with Gasteiger partial charge in [-0.15, -0.1) is 0 Å². The summed E-state index contributed by atoms with van der Waals surface area (Å²) in [6.07, 6.45) is 0. The van der Waals surface area contributed by atoms with Gasteiger partial charge in [0, 0.05) is 13.7 Å². The van der Waals surface area contributed by atoms with Crippen LogP contribution in [-0.2, 0) is 9.47 Å². The summed E-state index contributed by atoms with van der Waals surface area (Å²) in [6, 6.07) is 1.51. The molecule has 0 atom stereocenters. The minimum absolute atomic E-state index is 0.282. The van der Waals surface area contributed by atoms with Crippen LogP contribution in [0.15, 0.2) is 6.07 Å². The monoisotopic (exact) mass is 330 g/mol. The second-order valence-corrected chi connectivity index (χ2v) is 5.45. The fourth-order valence-electron chi connectivity index (χ4n) is 1.82. The molecule has 0 amide bonds. The summed E-state index contributed by atoms with van der Waals surface area (Å²) in [4.78, 5) is 16.2. The fourth-order valence-corrected chi connectivity index (χ4v) is 3.16. The van der Waals surface area contributed by atoms with E-state index in [1.807, 2.05) is 0 Å². The van der Waals surface area contributed by atoms with E-state index in [9.17, 15) is 4.79 Å². The van der Waals surface area contributed by atoms with Crippen LogP contribution in [0.3, 0.4) is 0 Å². The molecule has 2 aromatic rings. The van der Waals surface area contributed by atoms with Gasteiger partial charge < -0.3 is 19.5 Å². The van der Waals surface area contributed by atoms with Crippen LogP contribution in [0.4, 0.5) is 5.13 Å². The van der Waals surface area contributed by atoms with Crippen molar-refractivity contribution in [3.63, 3.8) is 0 Å². The van der Waals surface area contributed by atoms with Gasteiger partial charge in [-0.05, 0) is 6.07 Å². The summed E-state index contributed by atoms with van der Waals surface area (Å²) in [7, 11) is 4.43. The van der Waals surface area contributed by atoms with Crippen LogP contribution in [0.2, 0.25) is 5.02 Å². The Hall–Kier alpha value is -1.57. The molecule has 0 bridgehead atoms. The van der Waals surface area contributed by atoms with Crippen LogP contribution in [0, 0.1) is 0 Å². The third-order valence-corrected chi connectivity index (χ3v) is 4.07. The SMILES string of the molecule is COCCNc1nc2c(Cl)cc(C(=O)OC)c(OC)c2s1. The first kappa shape index (κ1) is 15.8. The number of benzene rings is 1. The smallest absolute Gasteiger partial charge is 0.341 e. The summed E-state index contributed by atoms with van der Waals surface area (Å²) in [5.74, 6) is -0.0866. The molecule has 2 rings (SSSR count). The molecule has 0 spiro atoms. The Morgan fingerprint density at radius 2 is 2.19 bits per heavy atom. The van der Waals surface area contributed by atoms with Gasteiger partial charge in [-0.3, -0.25) is 0 Å². The Morgan fingerprint density at radius 1 is 1.43 bits per heavy atom. The molecule has 1 heterocycles. The molecule has 0 aliphatic carbocycles. The van der Waals surface area contributed by atoms with E-state index in [-0.39, 0.29) is 5.56 Å². The Labute approximate surface area is 131 Å². The quantitative estimate of drug-likeness (QED) is 0.649. The van der Waals surface area contributed by atoms with Crippen molar-refractivity contribution in [2.24, 2.45) is 0 Å². The molecule has 0 fully saturated rings. The standard InChI is InChI=1S/C13H15ClN2O4S/c1-18-5-4-15-13-16-9-8(14)6-7(12(17)20-3)10(19-2)11(9)21-13/h6H,4-5H2,1-3H3,(H,15,16). The third-order valence-electron chi connectivity index (χ3n) is 2.77. The number of carbonyl (C=O) groups is 1. The fraction of sp³-hybridized carbons (Fsp3) is 0.385. The molecule has 0 unspecified atom stereocenters. The van der Waals surface area contributed by atoms with Crippen molar-refractivity contribution in [2.45, 2.75) is 0 Å². The van der Waals surface area contributed by atoms with Crippen molar-refractivity contribution in [1.82, 2.24) is 4.98 Å². The molecular formula is C13H15ClN2O4S. The maximum Gasteiger partial charge on any atom is 0.341 e. The second-order valence-electron chi connectivity index (χ2n) is 4.05. The Balaban J connectivity index is 2.49. The van der Waals surface area contributed by atoms with Gasteiger partial charge in [-0.25, -0.2) is 9.78 Å². The lowest BCUT2D eigenvalue weighted by molar-refractivity contribution is 0.0597. The number of aromatic nitrogens is 1. The van der Waals surface area contributed by atoms with E-state index in [4.69, 9.17) is 25.8 Å². The van der Waals surface area contributed by atoms with Crippen molar-refractivity contribution < 1.29 is 19.0 Å².